The summed E-state index contributed by atoms with van der Waals surface area (Å²) in [4.78, 5) is 13.6. The average molecular weight is 478 g/mol. The third kappa shape index (κ3) is 4.37. The molecule has 0 aliphatic carbocycles. The highest BCUT2D eigenvalue weighted by Crippen LogP contribution is 2.44. The minimum Gasteiger partial charge on any atom is -0.324 e. The van der Waals surface area contributed by atoms with Crippen LogP contribution in [0.3, 0.4) is 0 Å². The second kappa shape index (κ2) is 7.79. The molecule has 0 spiro atoms. The third-order valence-electron chi connectivity index (χ3n) is 4.21. The van der Waals surface area contributed by atoms with Crippen molar-refractivity contribution in [2.24, 2.45) is 0 Å². The monoisotopic (exact) mass is 478 g/mol. The molecule has 2 heterocycles. The number of hydrogen-bond acceptors (Lipinski definition) is 7. The van der Waals surface area contributed by atoms with Crippen molar-refractivity contribution in [3.63, 3.8) is 0 Å². The van der Waals surface area contributed by atoms with Gasteiger partial charge in [-0.2, -0.15) is 22.0 Å². The van der Waals surface area contributed by atoms with E-state index in [9.17, 15) is 30.4 Å². The highest BCUT2D eigenvalue weighted by molar-refractivity contribution is 7.92. The van der Waals surface area contributed by atoms with Crippen LogP contribution in [0.4, 0.5) is 33.6 Å². The normalized spacial score (nSPS) is 12.8. The molecular formula is C18H15F5N4O2S2. The summed E-state index contributed by atoms with van der Waals surface area (Å²) in [5.41, 5.74) is -6.15. The van der Waals surface area contributed by atoms with Crippen molar-refractivity contribution >= 4 is 32.8 Å². The number of aromatic nitrogens is 3. The van der Waals surface area contributed by atoms with Crippen molar-refractivity contribution < 1.29 is 30.4 Å². The van der Waals surface area contributed by atoms with Gasteiger partial charge < -0.3 is 5.32 Å². The van der Waals surface area contributed by atoms with E-state index in [2.05, 4.69) is 20.3 Å². The molecule has 0 atom stereocenters. The highest BCUT2D eigenvalue weighted by atomic mass is 32.2. The largest absolute Gasteiger partial charge is 0.503 e. The van der Waals surface area contributed by atoms with Crippen LogP contribution in [0.1, 0.15) is 21.7 Å². The first-order valence-electron chi connectivity index (χ1n) is 8.58. The molecule has 0 aliphatic heterocycles. The molecule has 2 aromatic heterocycles. The smallest absolute Gasteiger partial charge is 0.324 e. The summed E-state index contributed by atoms with van der Waals surface area (Å²) >= 11 is 1.39. The minimum atomic E-state index is -6.78. The summed E-state index contributed by atoms with van der Waals surface area (Å²) in [5, 5.41) is -1.95. The molecule has 3 aromatic rings. The van der Waals surface area contributed by atoms with Gasteiger partial charge in [0.25, 0.3) is 0 Å². The van der Waals surface area contributed by atoms with Crippen LogP contribution >= 0.6 is 11.3 Å². The summed E-state index contributed by atoms with van der Waals surface area (Å²) in [6.45, 7) is 5.06. The number of alkyl halides is 5. The molecule has 0 saturated heterocycles. The topological polar surface area (TPSA) is 84.8 Å². The molecule has 1 aromatic carbocycles. The van der Waals surface area contributed by atoms with E-state index in [-0.39, 0.29) is 17.2 Å². The van der Waals surface area contributed by atoms with E-state index in [0.29, 0.717) is 22.8 Å². The first kappa shape index (κ1) is 23.0. The van der Waals surface area contributed by atoms with Crippen molar-refractivity contribution in [1.82, 2.24) is 15.0 Å². The fraction of sp³-hybridized carbons (Fsp3) is 0.278. The number of nitrogens with zero attached hydrogens (tertiary/aromatic N) is 3. The Morgan fingerprint density at radius 1 is 1.00 bits per heavy atom. The standard InChI is InChI=1S/C18H15F5N4O2S2/c1-9-6-12(17(19,20)31(28,29)18(21,22)23)8-13(7-9)26-16-24-5-4-14(27-16)15-25-10(2)11(3)30-15/h4-8H,1-3H3,(H,24,26,27). The molecule has 6 nitrogen and oxygen atoms in total. The number of aryl methyl sites for hydroxylation is 3. The number of sulfone groups is 1. The lowest BCUT2D eigenvalue weighted by Crippen LogP contribution is -2.37. The van der Waals surface area contributed by atoms with E-state index in [1.807, 2.05) is 13.8 Å². The lowest BCUT2D eigenvalue weighted by atomic mass is 10.1. The maximum absolute atomic E-state index is 14.3. The van der Waals surface area contributed by atoms with Gasteiger partial charge in [0.2, 0.25) is 5.95 Å². The average Bonchev–Trinajstić information content (AvgIpc) is 2.99. The quantitative estimate of drug-likeness (QED) is 0.504. The van der Waals surface area contributed by atoms with Gasteiger partial charge >= 0.3 is 20.6 Å². The van der Waals surface area contributed by atoms with Crippen LogP contribution in [0.2, 0.25) is 0 Å². The van der Waals surface area contributed by atoms with Crippen molar-refractivity contribution in [2.45, 2.75) is 31.5 Å². The van der Waals surface area contributed by atoms with Crippen molar-refractivity contribution in [3.8, 4) is 10.7 Å². The summed E-state index contributed by atoms with van der Waals surface area (Å²) in [7, 11) is -6.78. The number of thiazole rings is 1. The van der Waals surface area contributed by atoms with Crippen molar-refractivity contribution in [3.05, 3.63) is 52.2 Å². The van der Waals surface area contributed by atoms with Gasteiger partial charge in [-0.1, -0.05) is 0 Å². The Hall–Kier alpha value is -2.67. The second-order valence-corrected chi connectivity index (χ2v) is 9.79. The fourth-order valence-electron chi connectivity index (χ4n) is 2.57. The molecule has 1 N–H and O–H groups in total. The first-order chi connectivity index (χ1) is 14.2. The number of benzene rings is 1. The minimum absolute atomic E-state index is 0.0263. The van der Waals surface area contributed by atoms with E-state index < -0.39 is 26.2 Å². The van der Waals surface area contributed by atoms with Gasteiger partial charge in [0, 0.05) is 22.3 Å². The van der Waals surface area contributed by atoms with Crippen LogP contribution in [0.25, 0.3) is 10.7 Å². The summed E-state index contributed by atoms with van der Waals surface area (Å²) in [6, 6.07) is 4.22. The molecular weight excluding hydrogens is 463 g/mol. The lowest BCUT2D eigenvalue weighted by Gasteiger charge is -2.20. The zero-order chi connectivity index (χ0) is 23.2. The van der Waals surface area contributed by atoms with E-state index in [1.165, 1.54) is 30.5 Å². The van der Waals surface area contributed by atoms with Crippen LogP contribution in [0, 0.1) is 20.8 Å². The maximum Gasteiger partial charge on any atom is 0.503 e. The van der Waals surface area contributed by atoms with Gasteiger partial charge in [-0.05, 0) is 50.6 Å². The van der Waals surface area contributed by atoms with Crippen LogP contribution in [0.5, 0.6) is 0 Å². The Morgan fingerprint density at radius 2 is 1.68 bits per heavy atom. The number of nitrogens with one attached hydrogen (secondary N) is 1. The van der Waals surface area contributed by atoms with Gasteiger partial charge in [0.15, 0.2) is 0 Å². The summed E-state index contributed by atoms with van der Waals surface area (Å²) in [6.07, 6.45) is 1.40. The first-order valence-corrected chi connectivity index (χ1v) is 10.9. The highest BCUT2D eigenvalue weighted by Gasteiger charge is 2.62. The molecule has 31 heavy (non-hydrogen) atoms. The molecule has 0 radical (unpaired) electrons. The SMILES string of the molecule is Cc1cc(Nc2nccc(-c3nc(C)c(C)s3)n2)cc(C(F)(F)S(=O)(=O)C(F)(F)F)c1. The number of halogens is 5. The molecule has 0 unspecified atom stereocenters. The summed E-state index contributed by atoms with van der Waals surface area (Å²) < 4.78 is 89.4. The molecule has 0 bridgehead atoms. The van der Waals surface area contributed by atoms with Crippen molar-refractivity contribution in [1.29, 1.82) is 0 Å². The Kier molecular flexibility index (Phi) is 5.78. The van der Waals surface area contributed by atoms with Crippen LogP contribution in [0.15, 0.2) is 30.5 Å². The predicted molar refractivity (Wildman–Crippen MR) is 106 cm³/mol. The Balaban J connectivity index is 1.98. The molecule has 0 saturated carbocycles. The van der Waals surface area contributed by atoms with Gasteiger partial charge in [-0.3, -0.25) is 0 Å². The van der Waals surface area contributed by atoms with E-state index in [1.54, 1.807) is 6.07 Å². The van der Waals surface area contributed by atoms with Crippen LogP contribution < -0.4 is 5.32 Å². The molecule has 3 rings (SSSR count). The van der Waals surface area contributed by atoms with Gasteiger partial charge in [0.1, 0.15) is 10.7 Å². The Morgan fingerprint density at radius 3 is 2.26 bits per heavy atom. The van der Waals surface area contributed by atoms with Crippen LogP contribution in [-0.4, -0.2) is 28.9 Å². The fourth-order valence-corrected chi connectivity index (χ4v) is 4.18. The van der Waals surface area contributed by atoms with E-state index in [4.69, 9.17) is 0 Å². The van der Waals surface area contributed by atoms with Gasteiger partial charge in [0.05, 0.1) is 5.69 Å². The zero-order valence-corrected chi connectivity index (χ0v) is 17.9. The van der Waals surface area contributed by atoms with Crippen LogP contribution in [-0.2, 0) is 15.1 Å². The third-order valence-corrected chi connectivity index (χ3v) is 6.83. The van der Waals surface area contributed by atoms with Gasteiger partial charge in [-0.25, -0.2) is 23.4 Å². The Labute approximate surface area is 178 Å². The summed E-state index contributed by atoms with van der Waals surface area (Å²) in [5.74, 6) is -0.0263. The molecule has 13 heteroatoms. The number of anilines is 2. The number of rotatable bonds is 5. The number of hydrogen-bond donors (Lipinski definition) is 1. The zero-order valence-electron chi connectivity index (χ0n) is 16.3. The Bertz CT molecular complexity index is 1220. The molecule has 0 amide bonds. The van der Waals surface area contributed by atoms with Gasteiger partial charge in [-0.15, -0.1) is 11.3 Å². The van der Waals surface area contributed by atoms with E-state index >= 15 is 0 Å². The van der Waals surface area contributed by atoms with E-state index in [0.717, 1.165) is 10.6 Å². The second-order valence-electron chi connectivity index (χ2n) is 6.60. The lowest BCUT2D eigenvalue weighted by molar-refractivity contribution is -0.0573. The maximum atomic E-state index is 14.3. The molecule has 0 aliphatic rings. The molecule has 0 fully saturated rings. The molecule has 166 valence electrons. The van der Waals surface area contributed by atoms with Crippen molar-refractivity contribution in [2.75, 3.05) is 5.32 Å². The predicted octanol–water partition coefficient (Wildman–Crippen LogP) is 5.25.